The summed E-state index contributed by atoms with van der Waals surface area (Å²) < 4.78 is 30.9. The first-order chi connectivity index (χ1) is 7.47. The molecule has 5 nitrogen and oxygen atoms in total. The monoisotopic (exact) mass is 244 g/mol. The minimum atomic E-state index is -3.47. The number of nitrogens with two attached hydrogens (primary N) is 1. The quantitative estimate of drug-likeness (QED) is 0.584. The number of anilines is 1. The van der Waals surface area contributed by atoms with E-state index in [0.29, 0.717) is 17.9 Å². The fourth-order valence-corrected chi connectivity index (χ4v) is 2.57. The normalized spacial score (nSPS) is 11.6. The third-order valence-electron chi connectivity index (χ3n) is 2.09. The smallest absolute Gasteiger partial charge is 0.240 e. The lowest BCUT2D eigenvalue weighted by Gasteiger charge is -2.09. The zero-order valence-electron chi connectivity index (χ0n) is 9.36. The van der Waals surface area contributed by atoms with Gasteiger partial charge in [0, 0.05) is 19.3 Å². The van der Waals surface area contributed by atoms with Gasteiger partial charge in [-0.05, 0) is 30.7 Å². The number of nitrogens with one attached hydrogen (secondary N) is 1. The van der Waals surface area contributed by atoms with Gasteiger partial charge in [-0.2, -0.15) is 0 Å². The molecule has 3 N–H and O–H groups in total. The van der Waals surface area contributed by atoms with E-state index in [2.05, 4.69) is 4.72 Å². The van der Waals surface area contributed by atoms with Crippen LogP contribution >= 0.6 is 0 Å². The van der Waals surface area contributed by atoms with E-state index in [1.165, 1.54) is 13.2 Å². The Morgan fingerprint density at radius 3 is 2.69 bits per heavy atom. The molecule has 90 valence electrons. The highest BCUT2D eigenvalue weighted by Crippen LogP contribution is 2.17. The number of nitrogen functional groups attached to an aromatic ring is 1. The van der Waals surface area contributed by atoms with Gasteiger partial charge in [-0.3, -0.25) is 0 Å². The molecule has 1 aromatic rings. The predicted molar refractivity (Wildman–Crippen MR) is 62.7 cm³/mol. The largest absolute Gasteiger partial charge is 0.399 e. The lowest BCUT2D eigenvalue weighted by molar-refractivity contribution is 0.204. The van der Waals surface area contributed by atoms with Gasteiger partial charge < -0.3 is 10.5 Å². The summed E-state index contributed by atoms with van der Waals surface area (Å²) >= 11 is 0. The molecular weight excluding hydrogens is 228 g/mol. The van der Waals surface area contributed by atoms with Gasteiger partial charge in [-0.15, -0.1) is 0 Å². The SMILES string of the molecule is COCCNS(=O)(=O)c1ccc(N)cc1C. The molecule has 1 aromatic carbocycles. The summed E-state index contributed by atoms with van der Waals surface area (Å²) in [4.78, 5) is 0.248. The Hall–Kier alpha value is -1.11. The van der Waals surface area contributed by atoms with Crippen LogP contribution in [0.3, 0.4) is 0 Å². The van der Waals surface area contributed by atoms with Crippen LogP contribution < -0.4 is 10.5 Å². The minimum Gasteiger partial charge on any atom is -0.399 e. The van der Waals surface area contributed by atoms with Crippen LogP contribution in [0.4, 0.5) is 5.69 Å². The molecule has 16 heavy (non-hydrogen) atoms. The number of methoxy groups -OCH3 is 1. The van der Waals surface area contributed by atoms with Crippen LogP contribution in [0, 0.1) is 6.92 Å². The topological polar surface area (TPSA) is 81.4 Å². The van der Waals surface area contributed by atoms with Crippen LogP contribution in [0.1, 0.15) is 5.56 Å². The Balaban J connectivity index is 2.90. The lowest BCUT2D eigenvalue weighted by Crippen LogP contribution is -2.27. The van der Waals surface area contributed by atoms with E-state index < -0.39 is 10.0 Å². The van der Waals surface area contributed by atoms with Crippen molar-refractivity contribution in [1.29, 1.82) is 0 Å². The van der Waals surface area contributed by atoms with Crippen molar-refractivity contribution in [3.05, 3.63) is 23.8 Å². The summed E-state index contributed by atoms with van der Waals surface area (Å²) in [5.41, 5.74) is 6.74. The second-order valence-electron chi connectivity index (χ2n) is 3.42. The molecule has 0 heterocycles. The number of rotatable bonds is 5. The van der Waals surface area contributed by atoms with Gasteiger partial charge in [-0.25, -0.2) is 13.1 Å². The van der Waals surface area contributed by atoms with Gasteiger partial charge in [0.2, 0.25) is 10.0 Å². The first-order valence-corrected chi connectivity index (χ1v) is 6.30. The molecular formula is C10H16N2O3S. The zero-order chi connectivity index (χ0) is 12.2. The molecule has 0 amide bonds. The van der Waals surface area contributed by atoms with E-state index in [0.717, 1.165) is 0 Å². The van der Waals surface area contributed by atoms with Crippen molar-refractivity contribution in [2.75, 3.05) is 26.0 Å². The second-order valence-corrected chi connectivity index (χ2v) is 5.15. The number of aryl methyl sites for hydroxylation is 1. The van der Waals surface area contributed by atoms with Gasteiger partial charge >= 0.3 is 0 Å². The van der Waals surface area contributed by atoms with Crippen LogP contribution in [0.15, 0.2) is 23.1 Å². The van der Waals surface area contributed by atoms with Crippen molar-refractivity contribution < 1.29 is 13.2 Å². The third kappa shape index (κ3) is 3.19. The molecule has 0 aromatic heterocycles. The molecule has 0 aliphatic rings. The summed E-state index contributed by atoms with van der Waals surface area (Å²) in [6, 6.07) is 4.70. The highest BCUT2D eigenvalue weighted by molar-refractivity contribution is 7.89. The van der Waals surface area contributed by atoms with Crippen LogP contribution in [-0.4, -0.2) is 28.7 Å². The molecule has 0 fully saturated rings. The average molecular weight is 244 g/mol. The molecule has 0 saturated heterocycles. The fraction of sp³-hybridized carbons (Fsp3) is 0.400. The Bertz CT molecular complexity index is 457. The molecule has 0 bridgehead atoms. The number of benzene rings is 1. The van der Waals surface area contributed by atoms with Gasteiger partial charge in [0.05, 0.1) is 11.5 Å². The van der Waals surface area contributed by atoms with Gasteiger partial charge in [0.1, 0.15) is 0 Å². The predicted octanol–water partition coefficient (Wildman–Crippen LogP) is 0.502. The minimum absolute atomic E-state index is 0.248. The van der Waals surface area contributed by atoms with Crippen molar-refractivity contribution in [3.8, 4) is 0 Å². The van der Waals surface area contributed by atoms with Crippen molar-refractivity contribution in [2.45, 2.75) is 11.8 Å². The Kier molecular flexibility index (Phi) is 4.28. The maximum absolute atomic E-state index is 11.8. The van der Waals surface area contributed by atoms with E-state index in [1.54, 1.807) is 19.1 Å². The molecule has 0 atom stereocenters. The number of hydrogen-bond donors (Lipinski definition) is 2. The van der Waals surface area contributed by atoms with Crippen LogP contribution in [0.5, 0.6) is 0 Å². The number of hydrogen-bond acceptors (Lipinski definition) is 4. The number of ether oxygens (including phenoxy) is 1. The van der Waals surface area contributed by atoms with Gasteiger partial charge in [-0.1, -0.05) is 0 Å². The highest BCUT2D eigenvalue weighted by Gasteiger charge is 2.15. The molecule has 0 spiro atoms. The Morgan fingerprint density at radius 2 is 2.12 bits per heavy atom. The zero-order valence-corrected chi connectivity index (χ0v) is 10.2. The third-order valence-corrected chi connectivity index (χ3v) is 3.71. The van der Waals surface area contributed by atoms with E-state index >= 15 is 0 Å². The summed E-state index contributed by atoms with van der Waals surface area (Å²) in [5, 5.41) is 0. The van der Waals surface area contributed by atoms with Crippen molar-refractivity contribution in [3.63, 3.8) is 0 Å². The summed E-state index contributed by atoms with van der Waals surface area (Å²) in [5.74, 6) is 0. The second kappa shape index (κ2) is 5.29. The summed E-state index contributed by atoms with van der Waals surface area (Å²) in [7, 11) is -1.95. The Morgan fingerprint density at radius 1 is 1.44 bits per heavy atom. The summed E-state index contributed by atoms with van der Waals surface area (Å²) in [6.45, 7) is 2.30. The first-order valence-electron chi connectivity index (χ1n) is 4.82. The first kappa shape index (κ1) is 13.0. The molecule has 0 unspecified atom stereocenters. The molecule has 0 aliphatic heterocycles. The van der Waals surface area contributed by atoms with Crippen LogP contribution in [0.2, 0.25) is 0 Å². The molecule has 0 aliphatic carbocycles. The van der Waals surface area contributed by atoms with E-state index in [1.807, 2.05) is 0 Å². The van der Waals surface area contributed by atoms with Crippen molar-refractivity contribution in [2.24, 2.45) is 0 Å². The lowest BCUT2D eigenvalue weighted by atomic mass is 10.2. The maximum atomic E-state index is 11.8. The average Bonchev–Trinajstić information content (AvgIpc) is 2.17. The molecule has 1 rings (SSSR count). The van der Waals surface area contributed by atoms with E-state index in [4.69, 9.17) is 10.5 Å². The summed E-state index contributed by atoms with van der Waals surface area (Å²) in [6.07, 6.45) is 0. The van der Waals surface area contributed by atoms with Gasteiger partial charge in [0.15, 0.2) is 0 Å². The van der Waals surface area contributed by atoms with Crippen LogP contribution in [0.25, 0.3) is 0 Å². The Labute approximate surface area is 95.7 Å². The van der Waals surface area contributed by atoms with Gasteiger partial charge in [0.25, 0.3) is 0 Å². The van der Waals surface area contributed by atoms with E-state index in [9.17, 15) is 8.42 Å². The molecule has 0 radical (unpaired) electrons. The van der Waals surface area contributed by atoms with Crippen LogP contribution in [-0.2, 0) is 14.8 Å². The number of sulfonamides is 1. The highest BCUT2D eigenvalue weighted by atomic mass is 32.2. The van der Waals surface area contributed by atoms with Crippen molar-refractivity contribution >= 4 is 15.7 Å². The standard InChI is InChI=1S/C10H16N2O3S/c1-8-7-9(11)3-4-10(8)16(13,14)12-5-6-15-2/h3-4,7,12H,5-6,11H2,1-2H3. The molecule has 6 heteroatoms. The maximum Gasteiger partial charge on any atom is 0.240 e. The fourth-order valence-electron chi connectivity index (χ4n) is 1.33. The van der Waals surface area contributed by atoms with Crippen molar-refractivity contribution in [1.82, 2.24) is 4.72 Å². The van der Waals surface area contributed by atoms with E-state index in [-0.39, 0.29) is 11.4 Å². The molecule has 0 saturated carbocycles.